The Balaban J connectivity index is 2.64. The highest BCUT2D eigenvalue weighted by atomic mass is 35.5. The van der Waals surface area contributed by atoms with Crippen LogP contribution >= 0.6 is 11.6 Å². The molecule has 5 nitrogen and oxygen atoms in total. The zero-order chi connectivity index (χ0) is 20.8. The average molecular weight is 400 g/mol. The third-order valence-corrected chi connectivity index (χ3v) is 4.07. The molecule has 2 N–H and O–H groups in total. The molecule has 7 heteroatoms. The van der Waals surface area contributed by atoms with E-state index in [9.17, 15) is 4.39 Å². The molecule has 1 atom stereocenters. The predicted octanol–water partition coefficient (Wildman–Crippen LogP) is 5.01. The Morgan fingerprint density at radius 1 is 1.33 bits per heavy atom. The molecule has 1 aromatic carbocycles. The standard InChI is InChI=1S/C20H31ClFN3O2/c1-13(9-10-25(7)15(3)27-20(4,5)6)23-14(2)16-11-19(24-26-8)18(22)12-17(16)21/h11-13,23-24H,2-3,9-10H2,1,4-8H3. The summed E-state index contributed by atoms with van der Waals surface area (Å²) >= 11 is 6.16. The lowest BCUT2D eigenvalue weighted by Crippen LogP contribution is -2.32. The minimum Gasteiger partial charge on any atom is -0.474 e. The van der Waals surface area contributed by atoms with Crippen molar-refractivity contribution in [3.63, 3.8) is 0 Å². The van der Waals surface area contributed by atoms with Gasteiger partial charge in [0.05, 0.1) is 17.8 Å². The van der Waals surface area contributed by atoms with Crippen molar-refractivity contribution in [2.24, 2.45) is 0 Å². The molecule has 0 spiro atoms. The number of ether oxygens (including phenoxy) is 1. The molecule has 0 aliphatic rings. The average Bonchev–Trinajstić information content (AvgIpc) is 2.53. The van der Waals surface area contributed by atoms with Gasteiger partial charge in [-0.25, -0.2) is 4.39 Å². The molecule has 0 radical (unpaired) electrons. The van der Waals surface area contributed by atoms with Crippen molar-refractivity contribution < 1.29 is 14.0 Å². The van der Waals surface area contributed by atoms with Crippen LogP contribution in [0.2, 0.25) is 5.02 Å². The van der Waals surface area contributed by atoms with Crippen LogP contribution in [0.15, 0.2) is 31.2 Å². The van der Waals surface area contributed by atoms with Crippen LogP contribution in [0.25, 0.3) is 5.70 Å². The second-order valence-electron chi connectivity index (χ2n) is 7.46. The highest BCUT2D eigenvalue weighted by Crippen LogP contribution is 2.28. The highest BCUT2D eigenvalue weighted by molar-refractivity contribution is 6.32. The van der Waals surface area contributed by atoms with E-state index in [2.05, 4.69) is 24.0 Å². The maximum Gasteiger partial charge on any atom is 0.182 e. The lowest BCUT2D eigenvalue weighted by molar-refractivity contribution is 0.00897. The van der Waals surface area contributed by atoms with Crippen LogP contribution in [0.1, 0.15) is 39.7 Å². The number of hydrogen-bond acceptors (Lipinski definition) is 5. The SMILES string of the molecule is C=C(NC(C)CCN(C)C(=C)OC(C)(C)C)c1cc(NOC)c(F)cc1Cl. The van der Waals surface area contributed by atoms with E-state index in [0.29, 0.717) is 17.1 Å². The van der Waals surface area contributed by atoms with Gasteiger partial charge in [-0.3, -0.25) is 10.3 Å². The minimum absolute atomic E-state index is 0.113. The molecular weight excluding hydrogens is 369 g/mol. The van der Waals surface area contributed by atoms with Gasteiger partial charge in [0.25, 0.3) is 0 Å². The Hall–Kier alpha value is -1.92. The van der Waals surface area contributed by atoms with E-state index in [1.807, 2.05) is 39.6 Å². The van der Waals surface area contributed by atoms with Gasteiger partial charge < -0.3 is 15.0 Å². The molecule has 0 saturated carbocycles. The van der Waals surface area contributed by atoms with Crippen LogP contribution in [-0.2, 0) is 9.57 Å². The largest absolute Gasteiger partial charge is 0.474 e. The first kappa shape index (κ1) is 23.1. The number of hydrogen-bond donors (Lipinski definition) is 2. The van der Waals surface area contributed by atoms with Crippen molar-refractivity contribution in [2.75, 3.05) is 26.2 Å². The van der Waals surface area contributed by atoms with Crippen LogP contribution in [0.5, 0.6) is 0 Å². The lowest BCUT2D eigenvalue weighted by atomic mass is 10.1. The van der Waals surface area contributed by atoms with Gasteiger partial charge in [-0.15, -0.1) is 0 Å². The maximum atomic E-state index is 13.8. The van der Waals surface area contributed by atoms with Crippen LogP contribution < -0.4 is 10.8 Å². The van der Waals surface area contributed by atoms with Gasteiger partial charge >= 0.3 is 0 Å². The fourth-order valence-corrected chi connectivity index (χ4v) is 2.62. The Morgan fingerprint density at radius 2 is 1.96 bits per heavy atom. The molecule has 152 valence electrons. The molecule has 0 fully saturated rings. The molecule has 1 aromatic rings. The molecule has 0 amide bonds. The summed E-state index contributed by atoms with van der Waals surface area (Å²) in [6.45, 7) is 16.7. The fourth-order valence-electron chi connectivity index (χ4n) is 2.36. The molecule has 0 aromatic heterocycles. The summed E-state index contributed by atoms with van der Waals surface area (Å²) in [5.41, 5.74) is 3.63. The van der Waals surface area contributed by atoms with Gasteiger partial charge in [-0.2, -0.15) is 0 Å². The number of rotatable bonds is 10. The third-order valence-electron chi connectivity index (χ3n) is 3.76. The van der Waals surface area contributed by atoms with Gasteiger partial charge in [-0.05, 0) is 52.8 Å². The third kappa shape index (κ3) is 7.69. The second-order valence-corrected chi connectivity index (χ2v) is 7.87. The number of nitrogens with one attached hydrogen (secondary N) is 2. The fraction of sp³-hybridized carbons (Fsp3) is 0.500. The van der Waals surface area contributed by atoms with Gasteiger partial charge in [0.2, 0.25) is 0 Å². The molecule has 0 saturated heterocycles. The van der Waals surface area contributed by atoms with E-state index in [0.717, 1.165) is 13.0 Å². The monoisotopic (exact) mass is 399 g/mol. The van der Waals surface area contributed by atoms with Gasteiger partial charge in [0.1, 0.15) is 11.4 Å². The van der Waals surface area contributed by atoms with E-state index >= 15 is 0 Å². The summed E-state index contributed by atoms with van der Waals surface area (Å²) < 4.78 is 19.6. The molecule has 27 heavy (non-hydrogen) atoms. The molecule has 0 bridgehead atoms. The van der Waals surface area contributed by atoms with Crippen LogP contribution in [0, 0.1) is 5.82 Å². The number of halogens is 2. The number of nitrogens with zero attached hydrogens (tertiary/aromatic N) is 1. The normalized spacial score (nSPS) is 12.3. The van der Waals surface area contributed by atoms with Crippen molar-refractivity contribution in [1.82, 2.24) is 10.2 Å². The van der Waals surface area contributed by atoms with Crippen molar-refractivity contribution in [3.05, 3.63) is 47.6 Å². The molecule has 0 aliphatic heterocycles. The Labute approximate surface area is 167 Å². The number of anilines is 1. The second kappa shape index (κ2) is 9.85. The summed E-state index contributed by atoms with van der Waals surface area (Å²) in [5.74, 6) is 0.135. The first-order valence-corrected chi connectivity index (χ1v) is 9.15. The number of benzene rings is 1. The van der Waals surface area contributed by atoms with Crippen molar-refractivity contribution >= 4 is 23.0 Å². The summed E-state index contributed by atoms with van der Waals surface area (Å²) in [7, 11) is 3.35. The van der Waals surface area contributed by atoms with Crippen LogP contribution in [-0.4, -0.2) is 37.2 Å². The molecule has 1 unspecified atom stereocenters. The van der Waals surface area contributed by atoms with E-state index in [4.69, 9.17) is 21.2 Å². The highest BCUT2D eigenvalue weighted by Gasteiger charge is 2.16. The first-order chi connectivity index (χ1) is 12.4. The summed E-state index contributed by atoms with van der Waals surface area (Å²) in [4.78, 5) is 6.75. The molecule has 1 rings (SSSR count). The van der Waals surface area contributed by atoms with E-state index < -0.39 is 5.82 Å². The zero-order valence-electron chi connectivity index (χ0n) is 17.1. The van der Waals surface area contributed by atoms with Gasteiger partial charge in [-0.1, -0.05) is 18.2 Å². The Bertz CT molecular complexity index is 674. The van der Waals surface area contributed by atoms with E-state index in [1.54, 1.807) is 6.07 Å². The summed E-state index contributed by atoms with van der Waals surface area (Å²) in [5, 5.41) is 3.58. The van der Waals surface area contributed by atoms with Gasteiger partial charge in [0, 0.05) is 30.9 Å². The summed E-state index contributed by atoms with van der Waals surface area (Å²) in [6, 6.07) is 2.91. The minimum atomic E-state index is -0.495. The van der Waals surface area contributed by atoms with Crippen molar-refractivity contribution in [3.8, 4) is 0 Å². The lowest BCUT2D eigenvalue weighted by Gasteiger charge is -2.30. The summed E-state index contributed by atoms with van der Waals surface area (Å²) in [6.07, 6.45) is 0.823. The van der Waals surface area contributed by atoms with Crippen LogP contribution in [0.4, 0.5) is 10.1 Å². The Morgan fingerprint density at radius 3 is 2.52 bits per heavy atom. The smallest absolute Gasteiger partial charge is 0.182 e. The first-order valence-electron chi connectivity index (χ1n) is 8.77. The van der Waals surface area contributed by atoms with Crippen molar-refractivity contribution in [2.45, 2.75) is 45.8 Å². The van der Waals surface area contributed by atoms with E-state index in [-0.39, 0.29) is 22.4 Å². The molecule has 0 heterocycles. The van der Waals surface area contributed by atoms with Crippen molar-refractivity contribution in [1.29, 1.82) is 0 Å². The maximum absolute atomic E-state index is 13.8. The zero-order valence-corrected chi connectivity index (χ0v) is 17.8. The molecular formula is C20H31ClFN3O2. The van der Waals surface area contributed by atoms with Gasteiger partial charge in [0.15, 0.2) is 5.88 Å². The topological polar surface area (TPSA) is 45.8 Å². The quantitative estimate of drug-likeness (QED) is 0.427. The van der Waals surface area contributed by atoms with E-state index in [1.165, 1.54) is 13.2 Å². The predicted molar refractivity (Wildman–Crippen MR) is 111 cm³/mol. The van der Waals surface area contributed by atoms with Crippen LogP contribution in [0.3, 0.4) is 0 Å². The Kier molecular flexibility index (Phi) is 8.44. The molecule has 0 aliphatic carbocycles.